The lowest BCUT2D eigenvalue weighted by atomic mass is 9.74. The summed E-state index contributed by atoms with van der Waals surface area (Å²) in [7, 11) is 0. The van der Waals surface area contributed by atoms with Gasteiger partial charge in [-0.15, -0.1) is 5.10 Å². The van der Waals surface area contributed by atoms with Crippen molar-refractivity contribution in [1.29, 1.82) is 0 Å². The number of nitrogens with zero attached hydrogens (tertiary/aromatic N) is 4. The van der Waals surface area contributed by atoms with E-state index in [1.807, 2.05) is 0 Å². The topological polar surface area (TPSA) is 80.9 Å². The Bertz CT molecular complexity index is 528. The average molecular weight is 292 g/mol. The minimum absolute atomic E-state index is 0.0320. The smallest absolute Gasteiger partial charge is 0.331 e. The van der Waals surface area contributed by atoms with E-state index < -0.39 is 11.5 Å². The Hall–Kier alpha value is -1.46. The van der Waals surface area contributed by atoms with E-state index in [4.69, 9.17) is 0 Å². The van der Waals surface area contributed by atoms with Gasteiger partial charge in [-0.2, -0.15) is 0 Å². The molecule has 1 aromatic heterocycles. The molecule has 0 bridgehead atoms. The highest BCUT2D eigenvalue weighted by Gasteiger charge is 2.52. The molecule has 21 heavy (non-hydrogen) atoms. The van der Waals surface area contributed by atoms with Crippen molar-refractivity contribution < 1.29 is 9.90 Å². The van der Waals surface area contributed by atoms with Gasteiger partial charge in [0.15, 0.2) is 11.4 Å². The summed E-state index contributed by atoms with van der Waals surface area (Å²) in [6.07, 6.45) is 7.74. The number of rotatable bonds is 5. The van der Waals surface area contributed by atoms with Gasteiger partial charge in [-0.3, -0.25) is 0 Å². The van der Waals surface area contributed by atoms with Gasteiger partial charge in [0.05, 0.1) is 0 Å². The van der Waals surface area contributed by atoms with E-state index in [1.54, 1.807) is 4.68 Å². The fourth-order valence-electron chi connectivity index (χ4n) is 4.19. The van der Waals surface area contributed by atoms with Gasteiger partial charge in [0, 0.05) is 5.41 Å². The Balaban J connectivity index is 2.03. The van der Waals surface area contributed by atoms with Crippen LogP contribution in [-0.2, 0) is 15.7 Å². The van der Waals surface area contributed by atoms with Crippen molar-refractivity contribution >= 4 is 5.97 Å². The average Bonchev–Trinajstić information content (AvgIpc) is 2.96. The highest BCUT2D eigenvalue weighted by atomic mass is 16.4. The maximum Gasteiger partial charge on any atom is 0.331 e. The van der Waals surface area contributed by atoms with E-state index in [9.17, 15) is 9.90 Å². The first-order chi connectivity index (χ1) is 10.0. The lowest BCUT2D eigenvalue weighted by molar-refractivity contribution is -0.153. The van der Waals surface area contributed by atoms with Crippen molar-refractivity contribution in [3.05, 3.63) is 5.82 Å². The first-order valence-electron chi connectivity index (χ1n) is 8.03. The second-order valence-corrected chi connectivity index (χ2v) is 7.19. The van der Waals surface area contributed by atoms with Crippen molar-refractivity contribution in [2.24, 2.45) is 5.92 Å². The molecule has 6 heteroatoms. The van der Waals surface area contributed by atoms with Crippen LogP contribution in [0.2, 0.25) is 0 Å². The molecule has 2 aliphatic carbocycles. The molecule has 2 fully saturated rings. The van der Waals surface area contributed by atoms with Gasteiger partial charge in [0.2, 0.25) is 0 Å². The van der Waals surface area contributed by atoms with Gasteiger partial charge in [0.25, 0.3) is 0 Å². The summed E-state index contributed by atoms with van der Waals surface area (Å²) in [5, 5.41) is 21.9. The highest BCUT2D eigenvalue weighted by molar-refractivity contribution is 5.77. The molecule has 0 spiro atoms. The lowest BCUT2D eigenvalue weighted by Gasteiger charge is -2.40. The molecule has 0 amide bonds. The van der Waals surface area contributed by atoms with Crippen LogP contribution >= 0.6 is 0 Å². The van der Waals surface area contributed by atoms with E-state index in [0.717, 1.165) is 31.5 Å². The Morgan fingerprint density at radius 1 is 1.24 bits per heavy atom. The van der Waals surface area contributed by atoms with Crippen LogP contribution in [-0.4, -0.2) is 31.3 Å². The molecule has 1 N–H and O–H groups in total. The van der Waals surface area contributed by atoms with Gasteiger partial charge in [-0.25, -0.2) is 9.48 Å². The zero-order chi connectivity index (χ0) is 15.1. The third-order valence-corrected chi connectivity index (χ3v) is 5.29. The summed E-state index contributed by atoms with van der Waals surface area (Å²) in [4.78, 5) is 11.8. The molecular weight excluding hydrogens is 268 g/mol. The van der Waals surface area contributed by atoms with Gasteiger partial charge in [0.1, 0.15) is 0 Å². The maximum absolute atomic E-state index is 11.8. The zero-order valence-electron chi connectivity index (χ0n) is 12.9. The van der Waals surface area contributed by atoms with Crippen LogP contribution in [0.3, 0.4) is 0 Å². The third kappa shape index (κ3) is 2.15. The summed E-state index contributed by atoms with van der Waals surface area (Å²) in [5.41, 5.74) is -0.929. The number of tetrazole rings is 1. The predicted molar refractivity (Wildman–Crippen MR) is 76.9 cm³/mol. The molecule has 0 unspecified atom stereocenters. The fraction of sp³-hybridized carbons (Fsp3) is 0.867. The van der Waals surface area contributed by atoms with Crippen LogP contribution in [0.1, 0.15) is 71.0 Å². The number of hydrogen-bond donors (Lipinski definition) is 1. The van der Waals surface area contributed by atoms with Gasteiger partial charge in [-0.05, 0) is 54.9 Å². The van der Waals surface area contributed by atoms with E-state index in [2.05, 4.69) is 29.4 Å². The minimum atomic E-state index is -0.897. The summed E-state index contributed by atoms with van der Waals surface area (Å²) in [6.45, 7) is 4.43. The van der Waals surface area contributed by atoms with E-state index in [-0.39, 0.29) is 5.41 Å². The number of aliphatic carboxylic acids is 1. The quantitative estimate of drug-likeness (QED) is 0.901. The standard InChI is InChI=1S/C15H24N4O2/c1-11(2)10-14(6-3-4-7-14)12-16-17-18-19(12)15(13(20)21)8-5-9-15/h11H,3-10H2,1-2H3,(H,20,21). The van der Waals surface area contributed by atoms with Crippen LogP contribution in [0.15, 0.2) is 0 Å². The molecule has 1 aromatic rings. The first-order valence-corrected chi connectivity index (χ1v) is 8.03. The van der Waals surface area contributed by atoms with E-state index in [0.29, 0.717) is 18.8 Å². The molecular formula is C15H24N4O2. The normalized spacial score (nSPS) is 23.2. The number of carboxylic acids is 1. The summed E-state index contributed by atoms with van der Waals surface area (Å²) in [5.74, 6) is 0.575. The summed E-state index contributed by atoms with van der Waals surface area (Å²) in [6, 6.07) is 0. The Morgan fingerprint density at radius 2 is 1.90 bits per heavy atom. The molecule has 0 atom stereocenters. The first kappa shape index (κ1) is 14.5. The van der Waals surface area contributed by atoms with Gasteiger partial charge < -0.3 is 5.11 Å². The SMILES string of the molecule is CC(C)CC1(c2nnnn2C2(C(=O)O)CCC2)CCCC1. The lowest BCUT2D eigenvalue weighted by Crippen LogP contribution is -2.51. The Labute approximate surface area is 124 Å². The molecule has 1 heterocycles. The molecule has 0 aromatic carbocycles. The Kier molecular flexibility index (Phi) is 3.50. The Morgan fingerprint density at radius 3 is 2.38 bits per heavy atom. The molecule has 6 nitrogen and oxygen atoms in total. The zero-order valence-corrected chi connectivity index (χ0v) is 12.9. The van der Waals surface area contributed by atoms with Crippen molar-refractivity contribution in [1.82, 2.24) is 20.2 Å². The minimum Gasteiger partial charge on any atom is -0.479 e. The predicted octanol–water partition coefficient (Wildman–Crippen LogP) is 2.49. The van der Waals surface area contributed by atoms with Crippen molar-refractivity contribution in [3.63, 3.8) is 0 Å². The van der Waals surface area contributed by atoms with Crippen molar-refractivity contribution in [3.8, 4) is 0 Å². The van der Waals surface area contributed by atoms with E-state index in [1.165, 1.54) is 12.8 Å². The number of carbonyl (C=O) groups is 1. The number of hydrogen-bond acceptors (Lipinski definition) is 4. The van der Waals surface area contributed by atoms with Gasteiger partial charge in [-0.1, -0.05) is 26.7 Å². The molecule has 2 saturated carbocycles. The third-order valence-electron chi connectivity index (χ3n) is 5.29. The molecule has 0 saturated heterocycles. The van der Waals surface area contributed by atoms with Crippen LogP contribution < -0.4 is 0 Å². The summed E-state index contributed by atoms with van der Waals surface area (Å²) >= 11 is 0. The highest BCUT2D eigenvalue weighted by Crippen LogP contribution is 2.48. The van der Waals surface area contributed by atoms with Crippen molar-refractivity contribution in [2.45, 2.75) is 76.2 Å². The molecule has 0 aliphatic heterocycles. The van der Waals surface area contributed by atoms with Crippen LogP contribution in [0, 0.1) is 5.92 Å². The van der Waals surface area contributed by atoms with E-state index >= 15 is 0 Å². The number of aromatic nitrogens is 4. The molecule has 0 radical (unpaired) electrons. The monoisotopic (exact) mass is 292 g/mol. The maximum atomic E-state index is 11.8. The molecule has 3 rings (SSSR count). The summed E-state index contributed by atoms with van der Waals surface area (Å²) < 4.78 is 1.66. The number of carboxylic acid groups (broad SMARTS) is 1. The second kappa shape index (κ2) is 5.07. The second-order valence-electron chi connectivity index (χ2n) is 7.19. The largest absolute Gasteiger partial charge is 0.479 e. The van der Waals surface area contributed by atoms with Crippen molar-refractivity contribution in [2.75, 3.05) is 0 Å². The van der Waals surface area contributed by atoms with Crippen LogP contribution in [0.25, 0.3) is 0 Å². The van der Waals surface area contributed by atoms with Crippen LogP contribution in [0.5, 0.6) is 0 Å². The molecule has 116 valence electrons. The van der Waals surface area contributed by atoms with Crippen LogP contribution in [0.4, 0.5) is 0 Å². The molecule has 2 aliphatic rings. The fourth-order valence-corrected chi connectivity index (χ4v) is 4.19. The van der Waals surface area contributed by atoms with Gasteiger partial charge >= 0.3 is 5.97 Å².